The third-order valence-electron chi connectivity index (χ3n) is 5.42. The highest BCUT2D eigenvalue weighted by Crippen LogP contribution is 2.25. The lowest BCUT2D eigenvalue weighted by atomic mass is 10.1. The van der Waals surface area contributed by atoms with E-state index in [1.807, 2.05) is 26.0 Å². The molecule has 7 nitrogen and oxygen atoms in total. The van der Waals surface area contributed by atoms with E-state index in [4.69, 9.17) is 0 Å². The van der Waals surface area contributed by atoms with Gasteiger partial charge in [0.1, 0.15) is 0 Å². The Hall–Kier alpha value is -2.49. The number of sulfonamides is 1. The van der Waals surface area contributed by atoms with E-state index in [-0.39, 0.29) is 28.8 Å². The largest absolute Gasteiger partial charge is 0.336 e. The second-order valence-corrected chi connectivity index (χ2v) is 10.2. The fourth-order valence-corrected chi connectivity index (χ4v) is 6.18. The zero-order valence-corrected chi connectivity index (χ0v) is 18.5. The van der Waals surface area contributed by atoms with Gasteiger partial charge in [0.05, 0.1) is 15.1 Å². The van der Waals surface area contributed by atoms with Crippen LogP contribution in [0.5, 0.6) is 0 Å². The van der Waals surface area contributed by atoms with Gasteiger partial charge in [0.2, 0.25) is 10.0 Å². The topological polar surface area (TPSA) is 79.7 Å². The summed E-state index contributed by atoms with van der Waals surface area (Å²) < 4.78 is 29.9. The lowest BCUT2D eigenvalue weighted by molar-refractivity contribution is 0.0698. The van der Waals surface area contributed by atoms with Crippen molar-refractivity contribution in [3.05, 3.63) is 63.3 Å². The molecule has 2 aromatic carbocycles. The number of hydrogen-bond acceptors (Lipinski definition) is 5. The summed E-state index contributed by atoms with van der Waals surface area (Å²) in [6.45, 7) is 5.55. The van der Waals surface area contributed by atoms with Crippen LogP contribution >= 0.6 is 11.3 Å². The quantitative estimate of drug-likeness (QED) is 0.618. The van der Waals surface area contributed by atoms with Crippen LogP contribution in [0.15, 0.2) is 52.2 Å². The lowest BCUT2D eigenvalue weighted by Crippen LogP contribution is -2.50. The molecule has 30 heavy (non-hydrogen) atoms. The van der Waals surface area contributed by atoms with Gasteiger partial charge in [-0.2, -0.15) is 4.31 Å². The highest BCUT2D eigenvalue weighted by atomic mass is 32.2. The number of aromatic nitrogens is 1. The number of fused-ring (bicyclic) bond motifs is 1. The van der Waals surface area contributed by atoms with Crippen molar-refractivity contribution in [3.63, 3.8) is 0 Å². The SMILES string of the molecule is CCn1c(=O)sc2cc(S(=O)(=O)N3CCN(C(=O)c4ccc(C)cc4)CC3)ccc21. The average molecular weight is 446 g/mol. The molecule has 0 bridgehead atoms. The molecule has 0 aliphatic carbocycles. The predicted octanol–water partition coefficient (Wildman–Crippen LogP) is 2.54. The van der Waals surface area contributed by atoms with Gasteiger partial charge >= 0.3 is 4.87 Å². The molecule has 0 radical (unpaired) electrons. The number of amides is 1. The summed E-state index contributed by atoms with van der Waals surface area (Å²) in [5, 5.41) is 0. The first-order chi connectivity index (χ1) is 14.3. The van der Waals surface area contributed by atoms with E-state index in [9.17, 15) is 18.0 Å². The van der Waals surface area contributed by atoms with Crippen LogP contribution in [-0.4, -0.2) is 54.3 Å². The Morgan fingerprint density at radius 1 is 1.03 bits per heavy atom. The minimum Gasteiger partial charge on any atom is -0.336 e. The van der Waals surface area contributed by atoms with E-state index in [0.717, 1.165) is 22.4 Å². The van der Waals surface area contributed by atoms with E-state index in [2.05, 4.69) is 0 Å². The standard InChI is InChI=1S/C21H23N3O4S2/c1-3-24-18-9-8-17(14-19(18)29-21(24)26)30(27,28)23-12-10-22(11-13-23)20(25)16-6-4-15(2)5-7-16/h4-9,14H,3,10-13H2,1-2H3. The Balaban J connectivity index is 1.51. The van der Waals surface area contributed by atoms with Crippen molar-refractivity contribution in [1.82, 2.24) is 13.8 Å². The maximum Gasteiger partial charge on any atom is 0.308 e. The first-order valence-corrected chi connectivity index (χ1v) is 12.1. The predicted molar refractivity (Wildman–Crippen MR) is 118 cm³/mol. The number of hydrogen-bond donors (Lipinski definition) is 0. The molecule has 4 rings (SSSR count). The number of rotatable bonds is 4. The van der Waals surface area contributed by atoms with Gasteiger partial charge in [-0.15, -0.1) is 0 Å². The number of aryl methyl sites for hydroxylation is 2. The minimum atomic E-state index is -3.69. The molecule has 0 unspecified atom stereocenters. The Morgan fingerprint density at radius 2 is 1.70 bits per heavy atom. The molecule has 1 saturated heterocycles. The zero-order valence-electron chi connectivity index (χ0n) is 16.9. The first kappa shape index (κ1) is 20.8. The molecule has 2 heterocycles. The second-order valence-electron chi connectivity index (χ2n) is 7.30. The maximum absolute atomic E-state index is 13.1. The van der Waals surface area contributed by atoms with E-state index in [1.165, 1.54) is 4.31 Å². The second kappa shape index (κ2) is 7.98. The molecule has 1 aliphatic rings. The van der Waals surface area contributed by atoms with Crippen molar-refractivity contribution in [2.45, 2.75) is 25.3 Å². The fraction of sp³-hybridized carbons (Fsp3) is 0.333. The number of nitrogens with zero attached hydrogens (tertiary/aromatic N) is 3. The third kappa shape index (κ3) is 3.68. The molecule has 0 N–H and O–H groups in total. The van der Waals surface area contributed by atoms with Crippen LogP contribution in [0.4, 0.5) is 0 Å². The van der Waals surface area contributed by atoms with Crippen molar-refractivity contribution in [3.8, 4) is 0 Å². The van der Waals surface area contributed by atoms with Gasteiger partial charge in [-0.3, -0.25) is 14.2 Å². The molecular formula is C21H23N3O4S2. The van der Waals surface area contributed by atoms with E-state index < -0.39 is 10.0 Å². The molecule has 1 aromatic heterocycles. The molecule has 9 heteroatoms. The Labute approximate surface area is 179 Å². The normalized spacial score (nSPS) is 15.6. The van der Waals surface area contributed by atoms with Gasteiger partial charge in [0.15, 0.2) is 0 Å². The van der Waals surface area contributed by atoms with Crippen LogP contribution in [0.1, 0.15) is 22.8 Å². The van der Waals surface area contributed by atoms with Crippen molar-refractivity contribution in [2.24, 2.45) is 0 Å². The highest BCUT2D eigenvalue weighted by Gasteiger charge is 2.30. The zero-order chi connectivity index (χ0) is 21.5. The Kier molecular flexibility index (Phi) is 5.52. The molecular weight excluding hydrogens is 422 g/mol. The Bertz CT molecular complexity index is 1250. The summed E-state index contributed by atoms with van der Waals surface area (Å²) >= 11 is 1.05. The average Bonchev–Trinajstić information content (AvgIpc) is 3.08. The van der Waals surface area contributed by atoms with E-state index in [0.29, 0.717) is 29.9 Å². The lowest BCUT2D eigenvalue weighted by Gasteiger charge is -2.34. The fourth-order valence-electron chi connectivity index (χ4n) is 3.67. The summed E-state index contributed by atoms with van der Waals surface area (Å²) in [6.07, 6.45) is 0. The van der Waals surface area contributed by atoms with E-state index in [1.54, 1.807) is 39.8 Å². The molecule has 0 spiro atoms. The van der Waals surface area contributed by atoms with Gasteiger partial charge in [-0.05, 0) is 44.2 Å². The molecule has 1 aliphatic heterocycles. The minimum absolute atomic E-state index is 0.0841. The first-order valence-electron chi connectivity index (χ1n) is 9.80. The summed E-state index contributed by atoms with van der Waals surface area (Å²) in [5.74, 6) is -0.0841. The summed E-state index contributed by atoms with van der Waals surface area (Å²) in [4.78, 5) is 26.5. The summed E-state index contributed by atoms with van der Waals surface area (Å²) in [5.41, 5.74) is 2.44. The number of carbonyl (C=O) groups excluding carboxylic acids is 1. The number of piperazine rings is 1. The summed E-state index contributed by atoms with van der Waals surface area (Å²) in [6, 6.07) is 12.2. The van der Waals surface area contributed by atoms with Crippen LogP contribution in [0, 0.1) is 6.92 Å². The van der Waals surface area contributed by atoms with Crippen LogP contribution in [-0.2, 0) is 16.6 Å². The van der Waals surface area contributed by atoms with Crippen molar-refractivity contribution >= 4 is 37.5 Å². The molecule has 1 amide bonds. The van der Waals surface area contributed by atoms with Gasteiger partial charge in [0.25, 0.3) is 5.91 Å². The summed E-state index contributed by atoms with van der Waals surface area (Å²) in [7, 11) is -3.69. The highest BCUT2D eigenvalue weighted by molar-refractivity contribution is 7.89. The smallest absolute Gasteiger partial charge is 0.308 e. The van der Waals surface area contributed by atoms with Crippen molar-refractivity contribution in [1.29, 1.82) is 0 Å². The number of benzene rings is 2. The molecule has 3 aromatic rings. The molecule has 158 valence electrons. The van der Waals surface area contributed by atoms with Gasteiger partial charge in [-0.1, -0.05) is 29.0 Å². The third-order valence-corrected chi connectivity index (χ3v) is 8.25. The molecule has 0 saturated carbocycles. The maximum atomic E-state index is 13.1. The Morgan fingerprint density at radius 3 is 2.33 bits per heavy atom. The van der Waals surface area contributed by atoms with Crippen LogP contribution in [0.2, 0.25) is 0 Å². The van der Waals surface area contributed by atoms with Gasteiger partial charge < -0.3 is 4.90 Å². The molecule has 1 fully saturated rings. The van der Waals surface area contributed by atoms with Gasteiger partial charge in [-0.25, -0.2) is 8.42 Å². The number of thiazole rings is 1. The van der Waals surface area contributed by atoms with E-state index >= 15 is 0 Å². The van der Waals surface area contributed by atoms with Crippen molar-refractivity contribution in [2.75, 3.05) is 26.2 Å². The van der Waals surface area contributed by atoms with Crippen LogP contribution in [0.25, 0.3) is 10.2 Å². The van der Waals surface area contributed by atoms with Crippen LogP contribution < -0.4 is 4.87 Å². The van der Waals surface area contributed by atoms with Gasteiger partial charge in [0, 0.05) is 38.3 Å². The van der Waals surface area contributed by atoms with Crippen LogP contribution in [0.3, 0.4) is 0 Å². The number of carbonyl (C=O) groups is 1. The molecule has 0 atom stereocenters. The monoisotopic (exact) mass is 445 g/mol. The van der Waals surface area contributed by atoms with Crippen molar-refractivity contribution < 1.29 is 13.2 Å².